The minimum Gasteiger partial charge on any atom is -0.478 e. The van der Waals surface area contributed by atoms with Crippen molar-refractivity contribution in [3.8, 4) is 23.0 Å². The van der Waals surface area contributed by atoms with Gasteiger partial charge in [0.25, 0.3) is 0 Å². The molecule has 2 aliphatic heterocycles. The van der Waals surface area contributed by atoms with Crippen LogP contribution in [0.1, 0.15) is 43.0 Å². The largest absolute Gasteiger partial charge is 0.478 e. The fraction of sp³-hybridized carbons (Fsp3) is 0.218. The van der Waals surface area contributed by atoms with Crippen LogP contribution in [0.2, 0.25) is 0 Å². The van der Waals surface area contributed by atoms with Crippen LogP contribution < -0.4 is 20.1 Å². The zero-order valence-electron chi connectivity index (χ0n) is 40.8. The van der Waals surface area contributed by atoms with Gasteiger partial charge in [-0.3, -0.25) is 0 Å². The number of aliphatic hydroxyl groups is 1. The van der Waals surface area contributed by atoms with Crippen LogP contribution in [0.15, 0.2) is 151 Å². The van der Waals surface area contributed by atoms with Gasteiger partial charge in [-0.2, -0.15) is 5.10 Å². The highest BCUT2D eigenvalue weighted by Gasteiger charge is 2.31. The minimum absolute atomic E-state index is 0.0426. The van der Waals surface area contributed by atoms with Crippen molar-refractivity contribution in [3.05, 3.63) is 163 Å². The van der Waals surface area contributed by atoms with Crippen LogP contribution in [0, 0.1) is 13.8 Å². The van der Waals surface area contributed by atoms with Gasteiger partial charge < -0.3 is 39.1 Å². The maximum absolute atomic E-state index is 9.54. The Morgan fingerprint density at radius 2 is 1.18 bits per heavy atom. The van der Waals surface area contributed by atoms with Crippen molar-refractivity contribution >= 4 is 67.9 Å². The maximum atomic E-state index is 9.54. The lowest BCUT2D eigenvalue weighted by atomic mass is 10.1. The van der Waals surface area contributed by atoms with Crippen molar-refractivity contribution in [1.82, 2.24) is 43.9 Å². The Morgan fingerprint density at radius 1 is 0.589 bits per heavy atom. The first-order valence-electron chi connectivity index (χ1n) is 23.7. The summed E-state index contributed by atoms with van der Waals surface area (Å²) in [6.07, 6.45) is 13.2. The third-order valence-electron chi connectivity index (χ3n) is 12.4. The first-order chi connectivity index (χ1) is 35.4. The van der Waals surface area contributed by atoms with Crippen LogP contribution in [-0.2, 0) is 22.3 Å². The van der Waals surface area contributed by atoms with Crippen LogP contribution in [0.3, 0.4) is 0 Å². The van der Waals surface area contributed by atoms with Gasteiger partial charge in [-0.1, -0.05) is 12.1 Å². The molecule has 0 radical (unpaired) electrons. The van der Waals surface area contributed by atoms with Gasteiger partial charge in [0.1, 0.15) is 78.0 Å². The molecule has 3 N–H and O–H groups in total. The van der Waals surface area contributed by atoms with E-state index in [1.165, 1.54) is 6.33 Å². The number of aliphatic hydroxyl groups excluding tert-OH is 1. The number of anilines is 4. The van der Waals surface area contributed by atoms with E-state index < -0.39 is 5.54 Å². The lowest BCUT2D eigenvalue weighted by molar-refractivity contribution is 0.169. The Bertz CT molecular complexity index is 3760. The molecule has 73 heavy (non-hydrogen) atoms. The number of nitrogens with one attached hydrogen (secondary N) is 2. The van der Waals surface area contributed by atoms with E-state index in [4.69, 9.17) is 18.9 Å². The molecule has 366 valence electrons. The molecular formula is C55H51N13O5. The Morgan fingerprint density at radius 3 is 1.75 bits per heavy atom. The van der Waals surface area contributed by atoms with Crippen LogP contribution in [0.4, 0.5) is 23.0 Å². The number of imidazole rings is 1. The zero-order valence-corrected chi connectivity index (χ0v) is 40.8. The molecule has 0 fully saturated rings. The van der Waals surface area contributed by atoms with Gasteiger partial charge in [-0.05, 0) is 130 Å². The normalized spacial score (nSPS) is 15.9. The summed E-state index contributed by atoms with van der Waals surface area (Å²) in [5, 5.41) is 22.4. The summed E-state index contributed by atoms with van der Waals surface area (Å²) in [5.74, 6) is 5.80. The van der Waals surface area contributed by atoms with Crippen LogP contribution in [0.5, 0.6) is 23.0 Å². The van der Waals surface area contributed by atoms with Crippen LogP contribution in [-0.4, -0.2) is 91.7 Å². The van der Waals surface area contributed by atoms with Gasteiger partial charge in [0.05, 0.1) is 23.2 Å². The van der Waals surface area contributed by atoms with Gasteiger partial charge >= 0.3 is 0 Å². The number of aromatic nitrogens is 9. The smallest absolute Gasteiger partial charge is 0.188 e. The van der Waals surface area contributed by atoms with E-state index in [1.54, 1.807) is 23.4 Å². The summed E-state index contributed by atoms with van der Waals surface area (Å²) >= 11 is 0. The van der Waals surface area contributed by atoms with E-state index in [0.717, 1.165) is 95.7 Å². The number of pyridine rings is 2. The summed E-state index contributed by atoms with van der Waals surface area (Å²) in [6.45, 7) is 11.0. The molecule has 4 aromatic carbocycles. The lowest BCUT2D eigenvalue weighted by Gasteiger charge is -2.13. The summed E-state index contributed by atoms with van der Waals surface area (Å²) in [4.78, 5) is 35.6. The molecule has 18 heteroatoms. The number of nitrogens with zero attached hydrogens (tertiary/aromatic N) is 11. The topological polar surface area (TPSA) is 205 Å². The molecule has 18 nitrogen and oxygen atoms in total. The molecule has 6 aromatic heterocycles. The third-order valence-corrected chi connectivity index (χ3v) is 12.4. The van der Waals surface area contributed by atoms with Crippen molar-refractivity contribution in [1.29, 1.82) is 0 Å². The molecule has 0 bridgehead atoms. The Balaban J connectivity index is 0.000000157. The fourth-order valence-electron chi connectivity index (χ4n) is 8.53. The highest BCUT2D eigenvalue weighted by atomic mass is 16.5. The molecule has 0 spiro atoms. The van der Waals surface area contributed by atoms with E-state index in [0.29, 0.717) is 43.5 Å². The molecule has 0 saturated heterocycles. The summed E-state index contributed by atoms with van der Waals surface area (Å²) in [6, 6.07) is 31.6. The minimum atomic E-state index is -0.568. The number of aliphatic imine (C=N–C) groups is 2. The highest BCUT2D eigenvalue weighted by Crippen LogP contribution is 2.33. The first kappa shape index (κ1) is 46.4. The molecule has 0 aliphatic carbocycles. The second kappa shape index (κ2) is 19.3. The average Bonchev–Trinajstić information content (AvgIpc) is 4.21. The summed E-state index contributed by atoms with van der Waals surface area (Å²) in [7, 11) is 0. The SMILES string of the molecule is Cc1cc(Nc2ncnc3ccc(CC4=NC(C)(C)CO4)cc23)ccc1Oc1ccn2ncnc2c1.Cc1cc(Nc2ncnc3ccc(CC4=NC(C)(CO)CO4)cc23)ccc1Oc1ccn2ccnc2c1. The van der Waals surface area contributed by atoms with E-state index >= 15 is 0 Å². The van der Waals surface area contributed by atoms with Gasteiger partial charge in [-0.25, -0.2) is 44.4 Å². The number of hydrogen-bond donors (Lipinski definition) is 3. The molecule has 1 unspecified atom stereocenters. The summed E-state index contributed by atoms with van der Waals surface area (Å²) in [5.41, 5.74) is 8.42. The number of aryl methyl sites for hydroxylation is 2. The number of fused-ring (bicyclic) bond motifs is 4. The van der Waals surface area contributed by atoms with E-state index in [9.17, 15) is 5.11 Å². The van der Waals surface area contributed by atoms with Gasteiger partial charge in [-0.15, -0.1) is 0 Å². The number of hydrogen-bond acceptors (Lipinski definition) is 16. The monoisotopic (exact) mass is 973 g/mol. The van der Waals surface area contributed by atoms with Crippen molar-refractivity contribution in [2.45, 2.75) is 58.5 Å². The molecule has 8 heterocycles. The number of benzene rings is 4. The second-order valence-electron chi connectivity index (χ2n) is 19.0. The third kappa shape index (κ3) is 10.4. The highest BCUT2D eigenvalue weighted by molar-refractivity contribution is 5.93. The first-order valence-corrected chi connectivity index (χ1v) is 23.7. The summed E-state index contributed by atoms with van der Waals surface area (Å²) < 4.78 is 27.3. The lowest BCUT2D eigenvalue weighted by Crippen LogP contribution is -2.28. The fourth-order valence-corrected chi connectivity index (χ4v) is 8.53. The predicted octanol–water partition coefficient (Wildman–Crippen LogP) is 10.1. The molecule has 10 aromatic rings. The molecule has 1 atom stereocenters. The second-order valence-corrected chi connectivity index (χ2v) is 19.0. The van der Waals surface area contributed by atoms with Crippen molar-refractivity contribution in [3.63, 3.8) is 0 Å². The molecule has 2 aliphatic rings. The van der Waals surface area contributed by atoms with E-state index in [2.05, 4.69) is 81.6 Å². The number of ether oxygens (including phenoxy) is 4. The predicted molar refractivity (Wildman–Crippen MR) is 280 cm³/mol. The molecular weight excluding hydrogens is 923 g/mol. The molecule has 0 amide bonds. The van der Waals surface area contributed by atoms with Crippen molar-refractivity contribution in [2.24, 2.45) is 9.98 Å². The standard InChI is InChI=1S/C28H26N6O3.C27H25N7O2/c1-18-11-20(4-6-24(18)37-21-7-9-34-10-8-29-25(34)14-21)32-27-22-12-19(3-5-23(22)30-17-31-27)13-26-33-28(2,15-35)16-36-26;1-17-10-19(5-7-23(17)36-20-8-9-34-24(13-20)29-16-31-34)32-26-21-11-18(4-6-22(21)28-15-30-26)12-25-33-27(2,3)14-35-25/h3-12,14,17,35H,13,15-16H2,1-2H3,(H,30,31,32);4-11,13,15-16H,12,14H2,1-3H3,(H,28,30,32). The van der Waals surface area contributed by atoms with Crippen molar-refractivity contribution in [2.75, 3.05) is 30.5 Å². The van der Waals surface area contributed by atoms with Gasteiger partial charge in [0, 0.05) is 71.9 Å². The molecule has 0 saturated carbocycles. The average molecular weight is 974 g/mol. The van der Waals surface area contributed by atoms with E-state index in [1.807, 2.05) is 129 Å². The van der Waals surface area contributed by atoms with Gasteiger partial charge in [0.2, 0.25) is 0 Å². The van der Waals surface area contributed by atoms with Gasteiger partial charge in [0.15, 0.2) is 17.4 Å². The maximum Gasteiger partial charge on any atom is 0.188 e. The van der Waals surface area contributed by atoms with E-state index in [-0.39, 0.29) is 12.1 Å². The molecule has 12 rings (SSSR count). The quantitative estimate of drug-likeness (QED) is 0.0984. The number of rotatable bonds is 13. The Kier molecular flexibility index (Phi) is 12.2. The zero-order chi connectivity index (χ0) is 50.1. The Labute approximate surface area is 419 Å². The van der Waals surface area contributed by atoms with Crippen LogP contribution in [0.25, 0.3) is 33.1 Å². The van der Waals surface area contributed by atoms with Crippen LogP contribution >= 0.6 is 0 Å². The Hall–Kier alpha value is -9.03. The van der Waals surface area contributed by atoms with Crippen molar-refractivity contribution < 1.29 is 24.1 Å².